The van der Waals surface area contributed by atoms with Crippen molar-refractivity contribution in [1.82, 2.24) is 10.3 Å². The summed E-state index contributed by atoms with van der Waals surface area (Å²) in [7, 11) is 0. The maximum Gasteiger partial charge on any atom is 0.287 e. The second-order valence-corrected chi connectivity index (χ2v) is 6.56. The minimum atomic E-state index is -0.466. The number of halogens is 2. The van der Waals surface area contributed by atoms with Crippen molar-refractivity contribution in [2.75, 3.05) is 0 Å². The van der Waals surface area contributed by atoms with Crippen LogP contribution in [0.25, 0.3) is 0 Å². The molecule has 1 aromatic carbocycles. The lowest BCUT2D eigenvalue weighted by Crippen LogP contribution is -2.29. The Morgan fingerprint density at radius 1 is 1.19 bits per heavy atom. The predicted molar refractivity (Wildman–Crippen MR) is 103 cm³/mol. The predicted octanol–water partition coefficient (Wildman–Crippen LogP) is 3.78. The Morgan fingerprint density at radius 2 is 1.92 bits per heavy atom. The number of nitrogens with zero attached hydrogens (tertiary/aromatic N) is 1. The van der Waals surface area contributed by atoms with Gasteiger partial charge in [0.05, 0.1) is 18.0 Å². The van der Waals surface area contributed by atoms with Gasteiger partial charge in [-0.25, -0.2) is 0 Å². The molecule has 3 rings (SSSR count). The highest BCUT2D eigenvalue weighted by atomic mass is 79.9. The quantitative estimate of drug-likeness (QED) is 0.594. The standard InChI is InChI=1S/C18H13BrClN3O2.H2O/c19-12-3-7-15(22-10-12)17(11-1-4-13(20)5-2-11)23-18(24)16-8-6-14(9-21)25-16;/h1-10,17,21H,(H,23,24);1H2/t17-;/m0./s1. The van der Waals surface area contributed by atoms with Gasteiger partial charge in [-0.2, -0.15) is 0 Å². The summed E-state index contributed by atoms with van der Waals surface area (Å²) < 4.78 is 6.15. The summed E-state index contributed by atoms with van der Waals surface area (Å²) in [5.74, 6) is 0.0577. The summed E-state index contributed by atoms with van der Waals surface area (Å²) in [4.78, 5) is 16.9. The third-order valence-corrected chi connectivity index (χ3v) is 4.24. The van der Waals surface area contributed by atoms with Crippen LogP contribution in [0.2, 0.25) is 5.02 Å². The van der Waals surface area contributed by atoms with Gasteiger partial charge in [0.2, 0.25) is 0 Å². The molecule has 0 aliphatic heterocycles. The number of carbonyl (C=O) groups excluding carboxylic acids is 1. The second kappa shape index (κ2) is 8.75. The molecule has 0 fully saturated rings. The largest absolute Gasteiger partial charge is 0.450 e. The molecule has 8 heteroatoms. The van der Waals surface area contributed by atoms with E-state index in [2.05, 4.69) is 26.2 Å². The smallest absolute Gasteiger partial charge is 0.287 e. The number of hydrogen-bond donors (Lipinski definition) is 2. The van der Waals surface area contributed by atoms with E-state index in [1.807, 2.05) is 24.3 Å². The molecule has 2 aromatic heterocycles. The summed E-state index contributed by atoms with van der Waals surface area (Å²) in [6, 6.07) is 13.5. The van der Waals surface area contributed by atoms with Crippen LogP contribution in [0, 0.1) is 5.41 Å². The van der Waals surface area contributed by atoms with Crippen molar-refractivity contribution in [3.8, 4) is 0 Å². The van der Waals surface area contributed by atoms with E-state index in [0.717, 1.165) is 16.3 Å². The summed E-state index contributed by atoms with van der Waals surface area (Å²) in [6.07, 6.45) is 2.72. The molecule has 2 heterocycles. The second-order valence-electron chi connectivity index (χ2n) is 5.21. The van der Waals surface area contributed by atoms with Gasteiger partial charge in [0.15, 0.2) is 5.76 Å². The van der Waals surface area contributed by atoms with Gasteiger partial charge in [-0.15, -0.1) is 0 Å². The van der Waals surface area contributed by atoms with E-state index in [1.54, 1.807) is 24.4 Å². The van der Waals surface area contributed by atoms with Crippen molar-refractivity contribution in [2.45, 2.75) is 6.04 Å². The Balaban J connectivity index is 0.00000243. The van der Waals surface area contributed by atoms with Crippen LogP contribution in [0.15, 0.2) is 63.6 Å². The number of hydrogen-bond acceptors (Lipinski definition) is 4. The summed E-state index contributed by atoms with van der Waals surface area (Å²) in [6.45, 7) is 0. The Morgan fingerprint density at radius 3 is 2.50 bits per heavy atom. The molecule has 4 N–H and O–H groups in total. The Bertz CT molecular complexity index is 849. The minimum absolute atomic E-state index is 0. The van der Waals surface area contributed by atoms with Crippen LogP contribution in [0.1, 0.15) is 33.6 Å². The number of pyridine rings is 1. The Kier molecular flexibility index (Phi) is 6.68. The highest BCUT2D eigenvalue weighted by Gasteiger charge is 2.21. The van der Waals surface area contributed by atoms with Crippen LogP contribution in [-0.4, -0.2) is 22.6 Å². The molecule has 0 spiro atoms. The molecule has 0 bridgehead atoms. The fourth-order valence-corrected chi connectivity index (χ4v) is 2.66. The zero-order chi connectivity index (χ0) is 17.8. The van der Waals surface area contributed by atoms with Gasteiger partial charge < -0.3 is 20.6 Å². The molecule has 0 unspecified atom stereocenters. The molecular weight excluding hydrogens is 422 g/mol. The highest BCUT2D eigenvalue weighted by molar-refractivity contribution is 9.10. The zero-order valence-corrected chi connectivity index (χ0v) is 15.7. The molecule has 134 valence electrons. The first-order valence-electron chi connectivity index (χ1n) is 7.35. The maximum atomic E-state index is 12.5. The van der Waals surface area contributed by atoms with Gasteiger partial charge in [0.25, 0.3) is 5.91 Å². The summed E-state index contributed by atoms with van der Waals surface area (Å²) >= 11 is 9.31. The molecule has 26 heavy (non-hydrogen) atoms. The van der Waals surface area contributed by atoms with Crippen LogP contribution in [0.5, 0.6) is 0 Å². The number of amides is 1. The maximum absolute atomic E-state index is 12.5. The first-order valence-corrected chi connectivity index (χ1v) is 8.52. The molecule has 3 aromatic rings. The molecule has 0 aliphatic carbocycles. The average molecular weight is 437 g/mol. The number of nitrogens with one attached hydrogen (secondary N) is 2. The van der Waals surface area contributed by atoms with Crippen molar-refractivity contribution in [1.29, 1.82) is 5.41 Å². The minimum Gasteiger partial charge on any atom is -0.450 e. The lowest BCUT2D eigenvalue weighted by atomic mass is 10.0. The van der Waals surface area contributed by atoms with Crippen molar-refractivity contribution in [3.63, 3.8) is 0 Å². The summed E-state index contributed by atoms with van der Waals surface area (Å²) in [5.41, 5.74) is 1.52. The van der Waals surface area contributed by atoms with Crippen LogP contribution in [-0.2, 0) is 0 Å². The topological polar surface area (TPSA) is 110 Å². The fourth-order valence-electron chi connectivity index (χ4n) is 2.30. The summed E-state index contributed by atoms with van der Waals surface area (Å²) in [5, 5.41) is 10.7. The normalized spacial score (nSPS) is 11.3. The van der Waals surface area contributed by atoms with Crippen molar-refractivity contribution < 1.29 is 14.7 Å². The Labute approximate surface area is 163 Å². The van der Waals surface area contributed by atoms with Gasteiger partial charge >= 0.3 is 0 Å². The lowest BCUT2D eigenvalue weighted by Gasteiger charge is -2.18. The number of aromatic nitrogens is 1. The van der Waals surface area contributed by atoms with Gasteiger partial charge in [0, 0.05) is 15.7 Å². The van der Waals surface area contributed by atoms with E-state index < -0.39 is 11.9 Å². The van der Waals surface area contributed by atoms with Crippen LogP contribution < -0.4 is 5.32 Å². The van der Waals surface area contributed by atoms with Crippen LogP contribution in [0.4, 0.5) is 0 Å². The third kappa shape index (κ3) is 4.57. The molecule has 1 atom stereocenters. The van der Waals surface area contributed by atoms with E-state index in [-0.39, 0.29) is 11.2 Å². The Hall–Kier alpha value is -2.48. The molecule has 0 saturated carbocycles. The fraction of sp³-hybridized carbons (Fsp3) is 0.0556. The first kappa shape index (κ1) is 19.8. The van der Waals surface area contributed by atoms with Crippen molar-refractivity contribution in [3.05, 3.63) is 87.0 Å². The molecule has 0 radical (unpaired) electrons. The zero-order valence-electron chi connectivity index (χ0n) is 13.4. The van der Waals surface area contributed by atoms with E-state index in [9.17, 15) is 4.79 Å². The SMILES string of the molecule is N=Cc1ccc(C(=O)N[C@@H](c2ccc(Cl)cc2)c2ccc(Br)cn2)o1.O. The molecule has 0 saturated heterocycles. The van der Waals surface area contributed by atoms with E-state index in [4.69, 9.17) is 21.4 Å². The van der Waals surface area contributed by atoms with E-state index in [0.29, 0.717) is 16.5 Å². The van der Waals surface area contributed by atoms with Gasteiger partial charge in [-0.3, -0.25) is 9.78 Å². The van der Waals surface area contributed by atoms with Crippen LogP contribution in [0.3, 0.4) is 0 Å². The molecule has 0 aliphatic rings. The van der Waals surface area contributed by atoms with Gasteiger partial charge in [-0.05, 0) is 57.9 Å². The average Bonchev–Trinajstić information content (AvgIpc) is 3.11. The number of rotatable bonds is 5. The number of furan rings is 1. The van der Waals surface area contributed by atoms with Gasteiger partial charge in [0.1, 0.15) is 5.76 Å². The van der Waals surface area contributed by atoms with Crippen LogP contribution >= 0.6 is 27.5 Å². The van der Waals surface area contributed by atoms with Crippen molar-refractivity contribution >= 4 is 39.7 Å². The lowest BCUT2D eigenvalue weighted by molar-refractivity contribution is 0.0914. The highest BCUT2D eigenvalue weighted by Crippen LogP contribution is 2.24. The monoisotopic (exact) mass is 435 g/mol. The van der Waals surface area contributed by atoms with Gasteiger partial charge in [-0.1, -0.05) is 23.7 Å². The van der Waals surface area contributed by atoms with E-state index in [1.165, 1.54) is 6.07 Å². The molecule has 1 amide bonds. The van der Waals surface area contributed by atoms with E-state index >= 15 is 0 Å². The molecule has 6 nitrogen and oxygen atoms in total. The van der Waals surface area contributed by atoms with Crippen molar-refractivity contribution in [2.24, 2.45) is 0 Å². The molecular formula is C18H15BrClN3O3. The number of benzene rings is 1. The first-order chi connectivity index (χ1) is 12.1. The number of carbonyl (C=O) groups is 1. The third-order valence-electron chi connectivity index (χ3n) is 3.52.